The van der Waals surface area contributed by atoms with E-state index in [4.69, 9.17) is 9.57 Å². The molecule has 0 bridgehead atoms. The number of hydrogen-bond acceptors (Lipinski definition) is 15. The largest absolute Gasteiger partial charge is 0.477 e. The average molecular weight is 669 g/mol. The van der Waals surface area contributed by atoms with E-state index in [1.54, 1.807) is 27.8 Å². The minimum atomic E-state index is -1.27. The first kappa shape index (κ1) is 32.7. The summed E-state index contributed by atoms with van der Waals surface area (Å²) in [5.41, 5.74) is -0.564. The number of aryl methyl sites for hydroxylation is 1. The lowest BCUT2D eigenvalue weighted by atomic mass is 10.0. The van der Waals surface area contributed by atoms with Gasteiger partial charge in [-0.25, -0.2) is 19.3 Å². The Kier molecular flexibility index (Phi) is 10.4. The maximum absolute atomic E-state index is 13.3. The van der Waals surface area contributed by atoms with E-state index in [9.17, 15) is 29.1 Å². The van der Waals surface area contributed by atoms with E-state index >= 15 is 0 Å². The van der Waals surface area contributed by atoms with Gasteiger partial charge in [0.2, 0.25) is 11.6 Å². The van der Waals surface area contributed by atoms with E-state index in [2.05, 4.69) is 41.6 Å². The molecule has 2 aromatic heterocycles. The number of anilines is 1. The van der Waals surface area contributed by atoms with Gasteiger partial charge in [-0.1, -0.05) is 16.9 Å². The second kappa shape index (κ2) is 14.0. The van der Waals surface area contributed by atoms with E-state index in [-0.39, 0.29) is 41.1 Å². The first-order valence-corrected chi connectivity index (χ1v) is 15.7. The van der Waals surface area contributed by atoms with Crippen LogP contribution in [0.2, 0.25) is 0 Å². The van der Waals surface area contributed by atoms with Crippen LogP contribution in [0, 0.1) is 0 Å². The van der Waals surface area contributed by atoms with Gasteiger partial charge in [0.1, 0.15) is 35.0 Å². The van der Waals surface area contributed by atoms with E-state index in [0.29, 0.717) is 22.9 Å². The van der Waals surface area contributed by atoms with Crippen molar-refractivity contribution in [3.8, 4) is 0 Å². The number of carboxylic acids is 1. The number of carbonyl (C=O) groups excluding carboxylic acids is 4. The first-order valence-electron chi connectivity index (χ1n) is 12.8. The monoisotopic (exact) mass is 668 g/mol. The van der Waals surface area contributed by atoms with Gasteiger partial charge < -0.3 is 30.6 Å². The number of fused-ring (bicyclic) bond motifs is 1. The van der Waals surface area contributed by atoms with E-state index < -0.39 is 40.9 Å². The Hall–Kier alpha value is -4.24. The molecule has 4 N–H and O–H groups in total. The van der Waals surface area contributed by atoms with Crippen LogP contribution >= 0.6 is 34.9 Å². The molecule has 1 unspecified atom stereocenters. The van der Waals surface area contributed by atoms with Gasteiger partial charge >= 0.3 is 12.1 Å². The number of thiazole rings is 1. The van der Waals surface area contributed by atoms with Crippen molar-refractivity contribution in [3.05, 3.63) is 22.3 Å². The van der Waals surface area contributed by atoms with Crippen molar-refractivity contribution in [2.45, 2.75) is 42.9 Å². The lowest BCUT2D eigenvalue weighted by Crippen LogP contribution is -2.71. The number of thioether (sulfide) groups is 2. The smallest absolute Gasteiger partial charge is 0.407 e. The average Bonchev–Trinajstić information content (AvgIpc) is 3.59. The molecule has 1 saturated heterocycles. The van der Waals surface area contributed by atoms with Gasteiger partial charge in [0.25, 0.3) is 11.8 Å². The summed E-state index contributed by atoms with van der Waals surface area (Å²) in [6.45, 7) is 5.03. The van der Waals surface area contributed by atoms with E-state index in [0.717, 1.165) is 16.2 Å². The van der Waals surface area contributed by atoms with E-state index in [1.165, 1.54) is 33.6 Å². The highest BCUT2D eigenvalue weighted by Gasteiger charge is 2.54. The lowest BCUT2D eigenvalue weighted by Gasteiger charge is -2.49. The zero-order valence-electron chi connectivity index (χ0n) is 23.8. The Bertz CT molecular complexity index is 1500. The highest BCUT2D eigenvalue weighted by molar-refractivity contribution is 8.01. The summed E-state index contributed by atoms with van der Waals surface area (Å²) in [4.78, 5) is 71.9. The molecule has 18 nitrogen and oxygen atoms in total. The molecular formula is C23H28N10O8S3. The number of nitrogens with zero attached hydrogens (tertiary/aromatic N) is 7. The van der Waals surface area contributed by atoms with Gasteiger partial charge in [-0.05, 0) is 36.8 Å². The Balaban J connectivity index is 1.44. The molecule has 0 radical (unpaired) electrons. The van der Waals surface area contributed by atoms with Crippen molar-refractivity contribution in [1.29, 1.82) is 0 Å². The highest BCUT2D eigenvalue weighted by Crippen LogP contribution is 2.41. The summed E-state index contributed by atoms with van der Waals surface area (Å²) in [5.74, 6) is -2.16. The zero-order valence-corrected chi connectivity index (χ0v) is 26.2. The number of aliphatic carboxylic acids is 1. The molecule has 1 fully saturated rings. The van der Waals surface area contributed by atoms with Crippen LogP contribution in [0.3, 0.4) is 0 Å². The van der Waals surface area contributed by atoms with Gasteiger partial charge in [-0.2, -0.15) is 0 Å². The van der Waals surface area contributed by atoms with Crippen LogP contribution in [0.15, 0.2) is 27.0 Å². The summed E-state index contributed by atoms with van der Waals surface area (Å²) in [7, 11) is 1.65. The molecule has 44 heavy (non-hydrogen) atoms. The fraction of sp³-hybridized carbons (Fsp3) is 0.478. The molecule has 0 saturated carbocycles. The van der Waals surface area contributed by atoms with Crippen LogP contribution in [-0.2, 0) is 35.8 Å². The number of β-lactam (4-membered cyclic amide) rings is 1. The van der Waals surface area contributed by atoms with Gasteiger partial charge in [0, 0.05) is 23.9 Å². The van der Waals surface area contributed by atoms with Crippen LogP contribution in [0.5, 0.6) is 0 Å². The first-order chi connectivity index (χ1) is 20.9. The van der Waals surface area contributed by atoms with Crippen molar-refractivity contribution in [2.24, 2.45) is 12.2 Å². The molecular weight excluding hydrogens is 641 g/mol. The molecule has 0 aliphatic carbocycles. The van der Waals surface area contributed by atoms with E-state index in [1.807, 2.05) is 0 Å². The minimum Gasteiger partial charge on any atom is -0.477 e. The Morgan fingerprint density at radius 1 is 1.32 bits per heavy atom. The van der Waals surface area contributed by atoms with Crippen molar-refractivity contribution in [1.82, 2.24) is 40.7 Å². The molecule has 4 rings (SSSR count). The Labute approximate surface area is 262 Å². The third-order valence-electron chi connectivity index (χ3n) is 5.65. The number of carbonyl (C=O) groups is 5. The fourth-order valence-electron chi connectivity index (χ4n) is 3.83. The van der Waals surface area contributed by atoms with Gasteiger partial charge in [-0.15, -0.1) is 28.2 Å². The second-order valence-electron chi connectivity index (χ2n) is 9.99. The summed E-state index contributed by atoms with van der Waals surface area (Å²) in [5, 5.41) is 33.9. The van der Waals surface area contributed by atoms with Crippen LogP contribution in [0.4, 0.5) is 9.93 Å². The van der Waals surface area contributed by atoms with Crippen LogP contribution in [0.25, 0.3) is 0 Å². The van der Waals surface area contributed by atoms with Gasteiger partial charge in [0.15, 0.2) is 10.8 Å². The minimum absolute atomic E-state index is 0.00913. The molecule has 2 aromatic rings. The lowest BCUT2D eigenvalue weighted by molar-refractivity contribution is -0.150. The molecule has 4 heterocycles. The molecule has 2 aliphatic heterocycles. The maximum atomic E-state index is 13.3. The number of tetrazole rings is 1. The summed E-state index contributed by atoms with van der Waals surface area (Å²) < 4.78 is 6.59. The number of alkyl carbamates (subject to hydrolysis) is 1. The molecule has 0 spiro atoms. The van der Waals surface area contributed by atoms with Crippen LogP contribution in [-0.4, -0.2) is 113 Å². The number of nitrogens with one attached hydrogen (secondary N) is 3. The predicted octanol–water partition coefficient (Wildman–Crippen LogP) is 0.0112. The number of amides is 4. The Morgan fingerprint density at radius 3 is 2.75 bits per heavy atom. The number of oxime groups is 1. The maximum Gasteiger partial charge on any atom is 0.407 e. The molecule has 0 aromatic carbocycles. The van der Waals surface area contributed by atoms with Gasteiger partial charge in [0.05, 0.1) is 6.54 Å². The number of hydrogen-bond donors (Lipinski definition) is 4. The van der Waals surface area contributed by atoms with Crippen LogP contribution < -0.4 is 16.0 Å². The van der Waals surface area contributed by atoms with Crippen molar-refractivity contribution in [3.63, 3.8) is 0 Å². The number of aromatic nitrogens is 5. The third kappa shape index (κ3) is 7.82. The molecule has 2 aliphatic rings. The molecule has 236 valence electrons. The van der Waals surface area contributed by atoms with Crippen molar-refractivity contribution >= 4 is 76.0 Å². The predicted molar refractivity (Wildman–Crippen MR) is 158 cm³/mol. The second-order valence-corrected chi connectivity index (χ2v) is 12.9. The van der Waals surface area contributed by atoms with Crippen LogP contribution in [0.1, 0.15) is 26.5 Å². The topological polar surface area (TPSA) is 232 Å². The fourth-order valence-corrected chi connectivity index (χ4v) is 6.82. The summed E-state index contributed by atoms with van der Waals surface area (Å²) in [6, 6.07) is -1.05. The van der Waals surface area contributed by atoms with Crippen molar-refractivity contribution < 1.29 is 38.7 Å². The molecule has 21 heteroatoms. The quantitative estimate of drug-likeness (QED) is 0.0550. The third-order valence-corrected chi connectivity index (χ3v) is 8.86. The summed E-state index contributed by atoms with van der Waals surface area (Å²) >= 11 is 3.56. The number of ether oxygens (including phenoxy) is 1. The molecule has 4 amide bonds. The summed E-state index contributed by atoms with van der Waals surface area (Å²) in [6.07, 6.45) is -0.239. The highest BCUT2D eigenvalue weighted by atomic mass is 32.2. The Morgan fingerprint density at radius 2 is 2.09 bits per heavy atom. The number of carboxylic acid groups (broad SMARTS) is 1. The SMILES string of the molecule is Cn1nnnc1SCC1=C(C(=O)O)N2C(=O)C(NC(=O)C(=NOCCNC(=O)OC(C)(C)C)c3csc(NC=O)n3)[C@@H]2SC1. The zero-order chi connectivity index (χ0) is 32.0. The van der Waals surface area contributed by atoms with Gasteiger partial charge in [-0.3, -0.25) is 19.3 Å². The molecule has 2 atom stereocenters. The van der Waals surface area contributed by atoms with Crippen molar-refractivity contribution in [2.75, 3.05) is 30.0 Å². The normalized spacial score (nSPS) is 18.2. The number of rotatable bonds is 13. The standard InChI is InChI=1S/C23H28N10O8S3/c1-23(2,3)41-22(39)24-5-6-40-29-13(12-9-43-20(26-12)25-10-34)16(35)27-14-17(36)33-15(19(37)38)11(7-42-18(14)33)8-44-21-28-30-31-32(21)4/h9-10,14,18H,5-8H2,1-4H3,(H,24,39)(H,27,35)(H,37,38)(H,25,26,34)/t14?,18-/m0/s1.